The highest BCUT2D eigenvalue weighted by Gasteiger charge is 2.33. The maximum atomic E-state index is 12.6. The number of rotatable bonds is 3. The molecular formula is C20H20N4O2. The molecule has 4 rings (SSSR count). The second-order valence-corrected chi connectivity index (χ2v) is 7.52. The molecule has 1 N–H and O–H groups in total. The van der Waals surface area contributed by atoms with Crippen molar-refractivity contribution in [3.8, 4) is 0 Å². The van der Waals surface area contributed by atoms with Gasteiger partial charge in [0.15, 0.2) is 11.4 Å². The first-order valence-electron chi connectivity index (χ1n) is 8.65. The molecule has 132 valence electrons. The molecule has 1 amide bonds. The van der Waals surface area contributed by atoms with E-state index in [4.69, 9.17) is 0 Å². The third-order valence-corrected chi connectivity index (χ3v) is 4.75. The van der Waals surface area contributed by atoms with Gasteiger partial charge in [-0.15, -0.1) is 0 Å². The second-order valence-electron chi connectivity index (χ2n) is 7.52. The van der Waals surface area contributed by atoms with Crippen LogP contribution in [0.4, 0.5) is 0 Å². The molecular weight excluding hydrogens is 328 g/mol. The molecule has 0 saturated heterocycles. The lowest BCUT2D eigenvalue weighted by Gasteiger charge is -2.29. The summed E-state index contributed by atoms with van der Waals surface area (Å²) in [6, 6.07) is 9.72. The highest BCUT2D eigenvalue weighted by molar-refractivity contribution is 6.01. The maximum absolute atomic E-state index is 12.6. The van der Waals surface area contributed by atoms with Crippen molar-refractivity contribution in [1.82, 2.24) is 19.9 Å². The third-order valence-electron chi connectivity index (χ3n) is 4.75. The summed E-state index contributed by atoms with van der Waals surface area (Å²) < 4.78 is 1.64. The van der Waals surface area contributed by atoms with Crippen molar-refractivity contribution in [2.45, 2.75) is 33.2 Å². The molecule has 1 aromatic carbocycles. The van der Waals surface area contributed by atoms with E-state index in [1.807, 2.05) is 30.3 Å². The van der Waals surface area contributed by atoms with Crippen LogP contribution in [0.15, 0.2) is 42.7 Å². The molecule has 2 heterocycles. The summed E-state index contributed by atoms with van der Waals surface area (Å²) in [5.41, 5.74) is 3.24. The van der Waals surface area contributed by atoms with Gasteiger partial charge in [-0.3, -0.25) is 9.59 Å². The minimum Gasteiger partial charge on any atom is -0.348 e. The number of hydrogen-bond acceptors (Lipinski definition) is 4. The Kier molecular flexibility index (Phi) is 3.83. The van der Waals surface area contributed by atoms with Gasteiger partial charge in [-0.25, -0.2) is 9.50 Å². The Labute approximate surface area is 151 Å². The molecule has 0 unspecified atom stereocenters. The Morgan fingerprint density at radius 1 is 1.19 bits per heavy atom. The van der Waals surface area contributed by atoms with Gasteiger partial charge in [-0.1, -0.05) is 44.2 Å². The third kappa shape index (κ3) is 2.87. The van der Waals surface area contributed by atoms with Gasteiger partial charge in [0.25, 0.3) is 5.91 Å². The number of carbonyl (C=O) groups excluding carboxylic acids is 2. The van der Waals surface area contributed by atoms with E-state index >= 15 is 0 Å². The van der Waals surface area contributed by atoms with Crippen LogP contribution >= 0.6 is 0 Å². The van der Waals surface area contributed by atoms with Gasteiger partial charge in [-0.05, 0) is 17.4 Å². The zero-order valence-electron chi connectivity index (χ0n) is 14.8. The van der Waals surface area contributed by atoms with Gasteiger partial charge in [-0.2, -0.15) is 5.10 Å². The van der Waals surface area contributed by atoms with Gasteiger partial charge in [0.05, 0.1) is 17.5 Å². The number of benzene rings is 1. The number of fused-ring (bicyclic) bond motifs is 3. The van der Waals surface area contributed by atoms with Crippen LogP contribution in [0.2, 0.25) is 0 Å². The fraction of sp³-hybridized carbons (Fsp3) is 0.300. The van der Waals surface area contributed by atoms with E-state index < -0.39 is 0 Å². The molecule has 0 bridgehead atoms. The summed E-state index contributed by atoms with van der Waals surface area (Å²) in [6.07, 6.45) is 4.33. The predicted molar refractivity (Wildman–Crippen MR) is 97.0 cm³/mol. The van der Waals surface area contributed by atoms with E-state index in [-0.39, 0.29) is 17.1 Å². The first-order chi connectivity index (χ1) is 12.4. The summed E-state index contributed by atoms with van der Waals surface area (Å²) in [6.45, 7) is 4.57. The van der Waals surface area contributed by atoms with Gasteiger partial charge in [0, 0.05) is 19.2 Å². The molecule has 6 nitrogen and oxygen atoms in total. The molecule has 3 aromatic rings. The van der Waals surface area contributed by atoms with E-state index in [2.05, 4.69) is 29.2 Å². The summed E-state index contributed by atoms with van der Waals surface area (Å²) in [5, 5.41) is 7.25. The van der Waals surface area contributed by atoms with Crippen molar-refractivity contribution in [2.75, 3.05) is 0 Å². The lowest BCUT2D eigenvalue weighted by molar-refractivity contribution is 0.0907. The van der Waals surface area contributed by atoms with Gasteiger partial charge in [0.2, 0.25) is 0 Å². The Bertz CT molecular complexity index is 1010. The van der Waals surface area contributed by atoms with Crippen molar-refractivity contribution in [3.63, 3.8) is 0 Å². The molecule has 0 spiro atoms. The van der Waals surface area contributed by atoms with Crippen molar-refractivity contribution in [1.29, 1.82) is 0 Å². The zero-order chi connectivity index (χ0) is 18.3. The van der Waals surface area contributed by atoms with Gasteiger partial charge >= 0.3 is 0 Å². The Hall–Kier alpha value is -3.02. The van der Waals surface area contributed by atoms with E-state index in [0.29, 0.717) is 29.7 Å². The van der Waals surface area contributed by atoms with Crippen molar-refractivity contribution < 1.29 is 9.59 Å². The largest absolute Gasteiger partial charge is 0.348 e. The van der Waals surface area contributed by atoms with Crippen LogP contribution in [-0.4, -0.2) is 26.3 Å². The van der Waals surface area contributed by atoms with Gasteiger partial charge in [0.1, 0.15) is 5.56 Å². The average Bonchev–Trinajstić information content (AvgIpc) is 3.04. The van der Waals surface area contributed by atoms with E-state index in [1.54, 1.807) is 10.7 Å². The number of nitrogens with zero attached hydrogens (tertiary/aromatic N) is 3. The number of Topliss-reactive ketones (excluding diaryl/α,β-unsaturated/α-hetero) is 1. The predicted octanol–water partition coefficient (Wildman–Crippen LogP) is 2.81. The molecule has 0 aliphatic heterocycles. The van der Waals surface area contributed by atoms with Gasteiger partial charge < -0.3 is 5.32 Å². The monoisotopic (exact) mass is 348 g/mol. The standard InChI is InChI=1S/C20H20N4O2/c1-20(2)8-16-14(17(25)9-20)11-21-18-15(12-23-24(16)18)19(26)22-10-13-6-4-3-5-7-13/h3-7,11-12H,8-10H2,1-2H3,(H,22,26). The summed E-state index contributed by atoms with van der Waals surface area (Å²) >= 11 is 0. The molecule has 0 saturated carbocycles. The minimum absolute atomic E-state index is 0.0798. The quantitative estimate of drug-likeness (QED) is 0.790. The van der Waals surface area contributed by atoms with Crippen molar-refractivity contribution in [3.05, 3.63) is 65.1 Å². The summed E-state index contributed by atoms with van der Waals surface area (Å²) in [7, 11) is 0. The zero-order valence-corrected chi connectivity index (χ0v) is 14.8. The lowest BCUT2D eigenvalue weighted by atomic mass is 9.76. The molecule has 0 atom stereocenters. The smallest absolute Gasteiger partial charge is 0.257 e. The highest BCUT2D eigenvalue weighted by Crippen LogP contribution is 2.34. The summed E-state index contributed by atoms with van der Waals surface area (Å²) in [5.74, 6) is -0.145. The molecule has 6 heteroatoms. The average molecular weight is 348 g/mol. The Morgan fingerprint density at radius 2 is 1.96 bits per heavy atom. The molecule has 1 aliphatic rings. The fourth-order valence-corrected chi connectivity index (χ4v) is 3.46. The highest BCUT2D eigenvalue weighted by atomic mass is 16.1. The van der Waals surface area contributed by atoms with Crippen molar-refractivity contribution >= 4 is 17.3 Å². The van der Waals surface area contributed by atoms with Crippen LogP contribution in [-0.2, 0) is 13.0 Å². The number of ketones is 1. The fourth-order valence-electron chi connectivity index (χ4n) is 3.46. The summed E-state index contributed by atoms with van der Waals surface area (Å²) in [4.78, 5) is 29.3. The number of amides is 1. The Morgan fingerprint density at radius 3 is 2.73 bits per heavy atom. The molecule has 2 aromatic heterocycles. The van der Waals surface area contributed by atoms with E-state index in [0.717, 1.165) is 17.7 Å². The second kappa shape index (κ2) is 6.05. The number of hydrogen-bond donors (Lipinski definition) is 1. The SMILES string of the molecule is CC1(C)CC(=O)c2cnc3c(C(=O)NCc4ccccc4)cnn3c2C1. The minimum atomic E-state index is -0.224. The van der Waals surface area contributed by atoms with E-state index in [1.165, 1.54) is 6.20 Å². The topological polar surface area (TPSA) is 76.4 Å². The maximum Gasteiger partial charge on any atom is 0.257 e. The lowest BCUT2D eigenvalue weighted by Crippen LogP contribution is -2.29. The first-order valence-corrected chi connectivity index (χ1v) is 8.65. The van der Waals surface area contributed by atoms with Crippen LogP contribution in [0.5, 0.6) is 0 Å². The van der Waals surface area contributed by atoms with Crippen LogP contribution in [0.25, 0.3) is 5.65 Å². The Balaban J connectivity index is 1.66. The number of nitrogens with one attached hydrogen (secondary N) is 1. The van der Waals surface area contributed by atoms with Crippen LogP contribution in [0, 0.1) is 5.41 Å². The van der Waals surface area contributed by atoms with Crippen molar-refractivity contribution in [2.24, 2.45) is 5.41 Å². The van der Waals surface area contributed by atoms with Crippen LogP contribution in [0.1, 0.15) is 52.2 Å². The van der Waals surface area contributed by atoms with E-state index in [9.17, 15) is 9.59 Å². The van der Waals surface area contributed by atoms with Crippen LogP contribution < -0.4 is 5.32 Å². The van der Waals surface area contributed by atoms with Crippen LogP contribution in [0.3, 0.4) is 0 Å². The molecule has 26 heavy (non-hydrogen) atoms. The molecule has 0 radical (unpaired) electrons. The first kappa shape index (κ1) is 16.4. The molecule has 0 fully saturated rings. The number of aromatic nitrogens is 3. The molecule has 1 aliphatic carbocycles. The number of carbonyl (C=O) groups is 2. The normalized spacial score (nSPS) is 15.7.